The highest BCUT2D eigenvalue weighted by atomic mass is 16.5. The van der Waals surface area contributed by atoms with Gasteiger partial charge in [-0.2, -0.15) is 0 Å². The third-order valence-corrected chi connectivity index (χ3v) is 9.80. The summed E-state index contributed by atoms with van der Waals surface area (Å²) in [6, 6.07) is 19.0. The van der Waals surface area contributed by atoms with E-state index in [1.807, 2.05) is 67.6 Å². The zero-order valence-electron chi connectivity index (χ0n) is 31.0. The minimum Gasteiger partial charge on any atom is -0.469 e. The number of carbonyl (C=O) groups excluding carboxylic acids is 2. The first-order valence-electron chi connectivity index (χ1n) is 18.6. The van der Waals surface area contributed by atoms with Crippen molar-refractivity contribution in [3.05, 3.63) is 109 Å². The SMILES string of the molecule is Cc1cc(-c2nccnc2OC2CN(C(=O)c3nc4ccccc4[nH]3)C2)ccn1.O=C(c1nc2ccccc2[nH]1)N1CC(Oc2nccnc2N2CCOCC2)C1. The number of H-pyrrole nitrogens is 2. The van der Waals surface area contributed by atoms with E-state index in [0.29, 0.717) is 68.5 Å². The van der Waals surface area contributed by atoms with E-state index in [1.165, 1.54) is 0 Å². The Morgan fingerprint density at radius 2 is 1.21 bits per heavy atom. The van der Waals surface area contributed by atoms with E-state index in [2.05, 4.69) is 49.8 Å². The molecule has 3 saturated heterocycles. The molecule has 0 unspecified atom stereocenters. The van der Waals surface area contributed by atoms with Gasteiger partial charge in [-0.1, -0.05) is 24.3 Å². The number of hydrogen-bond acceptors (Lipinski definition) is 13. The predicted molar refractivity (Wildman–Crippen MR) is 208 cm³/mol. The Kier molecular flexibility index (Phi) is 9.78. The maximum Gasteiger partial charge on any atom is 0.289 e. The summed E-state index contributed by atoms with van der Waals surface area (Å²) in [4.78, 5) is 67.5. The van der Waals surface area contributed by atoms with Crippen molar-refractivity contribution >= 4 is 39.7 Å². The minimum absolute atomic E-state index is 0.107. The first-order valence-corrected chi connectivity index (χ1v) is 18.6. The number of para-hydroxylation sites is 4. The monoisotopic (exact) mass is 766 g/mol. The van der Waals surface area contributed by atoms with Crippen LogP contribution >= 0.6 is 0 Å². The summed E-state index contributed by atoms with van der Waals surface area (Å²) in [7, 11) is 0. The molecule has 7 aromatic rings. The van der Waals surface area contributed by atoms with Gasteiger partial charge in [0.1, 0.15) is 17.9 Å². The van der Waals surface area contributed by atoms with E-state index in [0.717, 1.165) is 52.2 Å². The number of benzene rings is 2. The zero-order valence-corrected chi connectivity index (χ0v) is 31.0. The van der Waals surface area contributed by atoms with E-state index in [4.69, 9.17) is 14.2 Å². The van der Waals surface area contributed by atoms with Crippen LogP contribution in [0.25, 0.3) is 33.3 Å². The maximum atomic E-state index is 12.7. The van der Waals surface area contributed by atoms with Crippen molar-refractivity contribution in [3.8, 4) is 23.0 Å². The van der Waals surface area contributed by atoms with E-state index >= 15 is 0 Å². The van der Waals surface area contributed by atoms with Crippen LogP contribution in [0.5, 0.6) is 11.8 Å². The smallest absolute Gasteiger partial charge is 0.289 e. The van der Waals surface area contributed by atoms with E-state index in [-0.39, 0.29) is 24.0 Å². The molecule has 0 aliphatic carbocycles. The fourth-order valence-corrected chi connectivity index (χ4v) is 6.78. The largest absolute Gasteiger partial charge is 0.469 e. The van der Waals surface area contributed by atoms with Gasteiger partial charge in [-0.05, 0) is 43.3 Å². The van der Waals surface area contributed by atoms with Gasteiger partial charge in [0.2, 0.25) is 5.88 Å². The molecule has 8 heterocycles. The summed E-state index contributed by atoms with van der Waals surface area (Å²) >= 11 is 0. The molecule has 17 nitrogen and oxygen atoms in total. The molecule has 3 aliphatic heterocycles. The van der Waals surface area contributed by atoms with Gasteiger partial charge in [0.15, 0.2) is 17.5 Å². The Labute approximate surface area is 326 Å². The van der Waals surface area contributed by atoms with Gasteiger partial charge >= 0.3 is 0 Å². The number of aromatic nitrogens is 9. The molecule has 5 aromatic heterocycles. The molecule has 17 heteroatoms. The van der Waals surface area contributed by atoms with Crippen LogP contribution in [0.2, 0.25) is 0 Å². The lowest BCUT2D eigenvalue weighted by atomic mass is 10.1. The summed E-state index contributed by atoms with van der Waals surface area (Å²) in [5.41, 5.74) is 5.73. The molecule has 0 spiro atoms. The summed E-state index contributed by atoms with van der Waals surface area (Å²) in [5.74, 6) is 2.14. The first kappa shape index (κ1) is 35.7. The summed E-state index contributed by atoms with van der Waals surface area (Å²) in [5, 5.41) is 0. The number of hydrogen-bond donors (Lipinski definition) is 2. The molecule has 10 rings (SSSR count). The van der Waals surface area contributed by atoms with Crippen LogP contribution in [-0.4, -0.2) is 131 Å². The van der Waals surface area contributed by atoms with Crippen LogP contribution in [0.4, 0.5) is 5.82 Å². The number of aryl methyl sites for hydroxylation is 1. The number of ether oxygens (including phenoxy) is 3. The molecule has 0 radical (unpaired) electrons. The molecule has 3 aliphatic rings. The molecule has 288 valence electrons. The average molecular weight is 767 g/mol. The van der Waals surface area contributed by atoms with Crippen molar-refractivity contribution in [1.82, 2.24) is 54.7 Å². The topological polar surface area (TPSA) is 193 Å². The number of morpholine rings is 1. The quantitative estimate of drug-likeness (QED) is 0.228. The van der Waals surface area contributed by atoms with Crippen molar-refractivity contribution in [2.75, 3.05) is 57.4 Å². The van der Waals surface area contributed by atoms with Crippen molar-refractivity contribution in [2.24, 2.45) is 0 Å². The third kappa shape index (κ3) is 7.64. The molecular weight excluding hydrogens is 729 g/mol. The van der Waals surface area contributed by atoms with Crippen LogP contribution in [-0.2, 0) is 4.74 Å². The van der Waals surface area contributed by atoms with E-state index in [9.17, 15) is 9.59 Å². The fraction of sp³-hybridized carbons (Fsp3) is 0.275. The number of nitrogens with one attached hydrogen (secondary N) is 2. The Hall–Kier alpha value is -7.01. The molecule has 0 saturated carbocycles. The number of rotatable bonds is 8. The molecular formula is C40H38N12O5. The normalized spacial score (nSPS) is 15.8. The second-order valence-corrected chi connectivity index (χ2v) is 13.8. The highest BCUT2D eigenvalue weighted by Crippen LogP contribution is 2.29. The van der Waals surface area contributed by atoms with Gasteiger partial charge in [0.05, 0.1) is 61.5 Å². The second kappa shape index (κ2) is 15.6. The second-order valence-electron chi connectivity index (χ2n) is 13.8. The molecule has 57 heavy (non-hydrogen) atoms. The lowest BCUT2D eigenvalue weighted by Crippen LogP contribution is -2.56. The van der Waals surface area contributed by atoms with Gasteiger partial charge in [0, 0.05) is 55.3 Å². The van der Waals surface area contributed by atoms with Crippen molar-refractivity contribution in [1.29, 1.82) is 0 Å². The fourth-order valence-electron chi connectivity index (χ4n) is 6.78. The van der Waals surface area contributed by atoms with E-state index in [1.54, 1.807) is 40.8 Å². The molecule has 0 bridgehead atoms. The van der Waals surface area contributed by atoms with Gasteiger partial charge in [-0.25, -0.2) is 29.9 Å². The molecule has 2 amide bonds. The Morgan fingerprint density at radius 3 is 1.81 bits per heavy atom. The van der Waals surface area contributed by atoms with Crippen molar-refractivity contribution in [2.45, 2.75) is 19.1 Å². The van der Waals surface area contributed by atoms with Gasteiger partial charge in [0.25, 0.3) is 17.7 Å². The third-order valence-electron chi connectivity index (χ3n) is 9.80. The first-order chi connectivity index (χ1) is 27.9. The number of fused-ring (bicyclic) bond motifs is 2. The number of anilines is 1. The van der Waals surface area contributed by atoms with Crippen LogP contribution in [0, 0.1) is 6.92 Å². The maximum absolute atomic E-state index is 12.7. The Bertz CT molecular complexity index is 2480. The molecule has 3 fully saturated rings. The zero-order chi connectivity index (χ0) is 38.7. The van der Waals surface area contributed by atoms with Gasteiger partial charge in [-0.3, -0.25) is 14.6 Å². The standard InChI is InChI=1S/C21H18N6O2.C19H20N6O3/c1-13-10-14(6-7-22-13)18-20(24-9-8-23-18)29-15-11-27(12-15)21(28)19-25-16-4-2-3-5-17(16)26-19;26-19(16-22-14-3-1-2-4-15(14)23-16)25-11-13(12-25)28-18-17(20-5-6-21-18)24-7-9-27-10-8-24/h2-10,15H,11-12H2,1H3,(H,25,26);1-6,13H,7-12H2,(H,22,23). The summed E-state index contributed by atoms with van der Waals surface area (Å²) in [6.45, 7) is 6.71. The van der Waals surface area contributed by atoms with Crippen LogP contribution in [0.1, 0.15) is 26.9 Å². The van der Waals surface area contributed by atoms with Crippen LogP contribution in [0.15, 0.2) is 91.6 Å². The number of amides is 2. The average Bonchev–Trinajstić information content (AvgIpc) is 3.86. The lowest BCUT2D eigenvalue weighted by Gasteiger charge is -2.38. The van der Waals surface area contributed by atoms with Gasteiger partial charge in [-0.15, -0.1) is 0 Å². The number of nitrogens with zero attached hydrogens (tertiary/aromatic N) is 10. The Morgan fingerprint density at radius 1 is 0.667 bits per heavy atom. The van der Waals surface area contributed by atoms with Crippen molar-refractivity contribution in [3.63, 3.8) is 0 Å². The van der Waals surface area contributed by atoms with Gasteiger partial charge < -0.3 is 38.9 Å². The molecule has 2 aromatic carbocycles. The van der Waals surface area contributed by atoms with Crippen molar-refractivity contribution < 1.29 is 23.8 Å². The number of carbonyl (C=O) groups is 2. The minimum atomic E-state index is -0.137. The number of aromatic amines is 2. The number of likely N-dealkylation sites (tertiary alicyclic amines) is 2. The highest BCUT2D eigenvalue weighted by molar-refractivity contribution is 5.95. The number of pyridine rings is 1. The molecule has 2 N–H and O–H groups in total. The Balaban J connectivity index is 0.000000148. The lowest BCUT2D eigenvalue weighted by molar-refractivity contribution is 0.0151. The predicted octanol–water partition coefficient (Wildman–Crippen LogP) is 3.72. The van der Waals surface area contributed by atoms with Crippen LogP contribution < -0.4 is 14.4 Å². The summed E-state index contributed by atoms with van der Waals surface area (Å²) < 4.78 is 17.5. The molecule has 0 atom stereocenters. The number of imidazole rings is 2. The van der Waals surface area contributed by atoms with E-state index < -0.39 is 0 Å². The highest BCUT2D eigenvalue weighted by Gasteiger charge is 2.36. The summed E-state index contributed by atoms with van der Waals surface area (Å²) in [6.07, 6.45) is 8.01. The van der Waals surface area contributed by atoms with Crippen LogP contribution in [0.3, 0.4) is 0 Å².